The second-order valence-electron chi connectivity index (χ2n) is 7.08. The highest BCUT2D eigenvalue weighted by Gasteiger charge is 2.32. The molecule has 1 amide bonds. The third-order valence-electron chi connectivity index (χ3n) is 5.10. The molecule has 2 aromatic heterocycles. The molecule has 8 heteroatoms. The SMILES string of the molecule is O=C(CSc1nncn1Cc1ccco1)N1c2ccccc2SC[C@@H]1c1ccccc1. The Bertz CT molecular complexity index is 1160. The summed E-state index contributed by atoms with van der Waals surface area (Å²) in [5.41, 5.74) is 2.11. The lowest BCUT2D eigenvalue weighted by Gasteiger charge is -2.37. The first-order chi connectivity index (χ1) is 15.3. The number of rotatable bonds is 6. The van der Waals surface area contributed by atoms with Crippen LogP contribution in [0.1, 0.15) is 17.4 Å². The molecule has 0 bridgehead atoms. The molecule has 3 heterocycles. The first kappa shape index (κ1) is 20.0. The molecule has 0 spiro atoms. The summed E-state index contributed by atoms with van der Waals surface area (Å²) in [7, 11) is 0. The number of amides is 1. The number of nitrogens with zero attached hydrogens (tertiary/aromatic N) is 4. The van der Waals surface area contributed by atoms with Gasteiger partial charge in [-0.05, 0) is 29.8 Å². The van der Waals surface area contributed by atoms with Gasteiger partial charge in [-0.25, -0.2) is 0 Å². The lowest BCUT2D eigenvalue weighted by Crippen LogP contribution is -2.39. The second-order valence-corrected chi connectivity index (χ2v) is 9.08. The minimum atomic E-state index is -0.00445. The molecular weight excluding hydrogens is 428 g/mol. The fraction of sp³-hybridized carbons (Fsp3) is 0.174. The molecule has 0 N–H and O–H groups in total. The number of aromatic nitrogens is 3. The molecule has 5 rings (SSSR count). The standard InChI is InChI=1S/C23H20N4O2S2/c28-22(15-31-23-25-24-16-26(23)13-18-9-6-12-29-18)27-19-10-4-5-11-21(19)30-14-20(27)17-7-2-1-3-8-17/h1-12,16,20H,13-15H2/t20-/m1/s1. The van der Waals surface area contributed by atoms with Gasteiger partial charge >= 0.3 is 0 Å². The fourth-order valence-electron chi connectivity index (χ4n) is 3.65. The smallest absolute Gasteiger partial charge is 0.238 e. The van der Waals surface area contributed by atoms with Gasteiger partial charge in [0.05, 0.1) is 30.3 Å². The molecule has 0 unspecified atom stereocenters. The number of thioether (sulfide) groups is 2. The van der Waals surface area contributed by atoms with Crippen molar-refractivity contribution < 1.29 is 9.21 Å². The van der Waals surface area contributed by atoms with Crippen molar-refractivity contribution in [2.75, 3.05) is 16.4 Å². The Morgan fingerprint density at radius 2 is 1.94 bits per heavy atom. The highest BCUT2D eigenvalue weighted by atomic mass is 32.2. The number of benzene rings is 2. The van der Waals surface area contributed by atoms with Crippen molar-refractivity contribution in [3.8, 4) is 0 Å². The normalized spacial score (nSPS) is 15.6. The number of carbonyl (C=O) groups excluding carboxylic acids is 1. The number of fused-ring (bicyclic) bond motifs is 1. The molecule has 2 aromatic carbocycles. The Hall–Kier alpha value is -2.97. The van der Waals surface area contributed by atoms with Crippen LogP contribution >= 0.6 is 23.5 Å². The summed E-state index contributed by atoms with van der Waals surface area (Å²) in [5, 5.41) is 8.90. The van der Waals surface area contributed by atoms with Crippen LogP contribution in [0.5, 0.6) is 0 Å². The molecule has 0 radical (unpaired) electrons. The van der Waals surface area contributed by atoms with Gasteiger partial charge < -0.3 is 13.9 Å². The Balaban J connectivity index is 1.37. The van der Waals surface area contributed by atoms with Crippen molar-refractivity contribution in [1.82, 2.24) is 14.8 Å². The molecule has 0 fully saturated rings. The number of para-hydroxylation sites is 1. The third kappa shape index (κ3) is 4.26. The Labute approximate surface area is 188 Å². The molecule has 0 aliphatic carbocycles. The number of furan rings is 1. The summed E-state index contributed by atoms with van der Waals surface area (Å²) in [6.07, 6.45) is 3.31. The van der Waals surface area contributed by atoms with E-state index in [9.17, 15) is 4.79 Å². The van der Waals surface area contributed by atoms with E-state index in [0.717, 1.165) is 27.7 Å². The number of hydrogen-bond acceptors (Lipinski definition) is 6. The van der Waals surface area contributed by atoms with E-state index in [1.807, 2.05) is 58.0 Å². The maximum Gasteiger partial charge on any atom is 0.238 e. The van der Waals surface area contributed by atoms with Crippen LogP contribution in [-0.4, -0.2) is 32.2 Å². The van der Waals surface area contributed by atoms with E-state index in [4.69, 9.17) is 4.42 Å². The van der Waals surface area contributed by atoms with E-state index in [2.05, 4.69) is 28.4 Å². The van der Waals surface area contributed by atoms with Crippen molar-refractivity contribution in [1.29, 1.82) is 0 Å². The quantitative estimate of drug-likeness (QED) is 0.391. The molecular formula is C23H20N4O2S2. The van der Waals surface area contributed by atoms with Gasteiger partial charge in [-0.15, -0.1) is 22.0 Å². The predicted octanol–water partition coefficient (Wildman–Crippen LogP) is 4.89. The van der Waals surface area contributed by atoms with Gasteiger partial charge in [0.1, 0.15) is 12.1 Å². The van der Waals surface area contributed by atoms with Crippen LogP contribution in [0.25, 0.3) is 0 Å². The van der Waals surface area contributed by atoms with Crippen LogP contribution in [0.15, 0.2) is 93.8 Å². The summed E-state index contributed by atoms with van der Waals surface area (Å²) in [5.74, 6) is 1.98. The highest BCUT2D eigenvalue weighted by Crippen LogP contribution is 2.43. The van der Waals surface area contributed by atoms with Crippen LogP contribution in [0.4, 0.5) is 5.69 Å². The monoisotopic (exact) mass is 448 g/mol. The minimum Gasteiger partial charge on any atom is -0.467 e. The van der Waals surface area contributed by atoms with Crippen molar-refractivity contribution in [3.05, 3.63) is 90.6 Å². The van der Waals surface area contributed by atoms with E-state index < -0.39 is 0 Å². The first-order valence-electron chi connectivity index (χ1n) is 9.91. The highest BCUT2D eigenvalue weighted by molar-refractivity contribution is 8.00. The van der Waals surface area contributed by atoms with Gasteiger partial charge in [0.25, 0.3) is 0 Å². The molecule has 6 nitrogen and oxygen atoms in total. The Morgan fingerprint density at radius 1 is 1.10 bits per heavy atom. The third-order valence-corrected chi connectivity index (χ3v) is 7.20. The molecule has 1 atom stereocenters. The second kappa shape index (κ2) is 9.03. The van der Waals surface area contributed by atoms with Crippen molar-refractivity contribution in [2.24, 2.45) is 0 Å². The van der Waals surface area contributed by atoms with Crippen molar-refractivity contribution in [3.63, 3.8) is 0 Å². The fourth-order valence-corrected chi connectivity index (χ4v) is 5.59. The van der Waals surface area contributed by atoms with Crippen LogP contribution in [0, 0.1) is 0 Å². The molecule has 4 aromatic rings. The largest absolute Gasteiger partial charge is 0.467 e. The number of hydrogen-bond donors (Lipinski definition) is 0. The number of anilines is 1. The van der Waals surface area contributed by atoms with Gasteiger partial charge in [-0.1, -0.05) is 54.2 Å². The van der Waals surface area contributed by atoms with Gasteiger partial charge in [-0.3, -0.25) is 4.79 Å². The first-order valence-corrected chi connectivity index (χ1v) is 11.9. The van der Waals surface area contributed by atoms with Crippen LogP contribution in [0.3, 0.4) is 0 Å². The molecule has 0 saturated carbocycles. The maximum atomic E-state index is 13.5. The summed E-state index contributed by atoms with van der Waals surface area (Å²) < 4.78 is 7.32. The summed E-state index contributed by atoms with van der Waals surface area (Å²) in [6, 6.07) is 22.1. The lowest BCUT2D eigenvalue weighted by molar-refractivity contribution is -0.116. The molecule has 31 heavy (non-hydrogen) atoms. The van der Waals surface area contributed by atoms with Crippen LogP contribution in [0.2, 0.25) is 0 Å². The molecule has 1 aliphatic rings. The topological polar surface area (TPSA) is 64.2 Å². The number of carbonyl (C=O) groups is 1. The van der Waals surface area contributed by atoms with Gasteiger partial charge in [0.15, 0.2) is 5.16 Å². The van der Waals surface area contributed by atoms with Gasteiger partial charge in [-0.2, -0.15) is 0 Å². The van der Waals surface area contributed by atoms with Crippen LogP contribution < -0.4 is 4.90 Å². The lowest BCUT2D eigenvalue weighted by atomic mass is 10.1. The summed E-state index contributed by atoms with van der Waals surface area (Å²) in [4.78, 5) is 16.6. The zero-order valence-electron chi connectivity index (χ0n) is 16.6. The average Bonchev–Trinajstić information content (AvgIpc) is 3.50. The molecule has 1 aliphatic heterocycles. The predicted molar refractivity (Wildman–Crippen MR) is 122 cm³/mol. The zero-order valence-corrected chi connectivity index (χ0v) is 18.3. The average molecular weight is 449 g/mol. The summed E-state index contributed by atoms with van der Waals surface area (Å²) in [6.45, 7) is 0.534. The van der Waals surface area contributed by atoms with E-state index >= 15 is 0 Å². The van der Waals surface area contributed by atoms with E-state index in [1.165, 1.54) is 11.8 Å². The summed E-state index contributed by atoms with van der Waals surface area (Å²) >= 11 is 3.19. The Kier molecular flexibility index (Phi) is 5.82. The zero-order chi connectivity index (χ0) is 21.0. The minimum absolute atomic E-state index is 0.00445. The molecule has 156 valence electrons. The van der Waals surface area contributed by atoms with Crippen molar-refractivity contribution >= 4 is 35.1 Å². The molecule has 0 saturated heterocycles. The van der Waals surface area contributed by atoms with Gasteiger partial charge in [0, 0.05) is 10.6 Å². The van der Waals surface area contributed by atoms with E-state index in [0.29, 0.717) is 11.7 Å². The Morgan fingerprint density at radius 3 is 2.77 bits per heavy atom. The van der Waals surface area contributed by atoms with E-state index in [-0.39, 0.29) is 17.7 Å². The van der Waals surface area contributed by atoms with Crippen LogP contribution in [-0.2, 0) is 11.3 Å². The van der Waals surface area contributed by atoms with Crippen molar-refractivity contribution in [2.45, 2.75) is 22.6 Å². The van der Waals surface area contributed by atoms with E-state index in [1.54, 1.807) is 24.4 Å². The maximum absolute atomic E-state index is 13.5. The van der Waals surface area contributed by atoms with Gasteiger partial charge in [0.2, 0.25) is 5.91 Å².